The van der Waals surface area contributed by atoms with Crippen LogP contribution in [0.2, 0.25) is 0 Å². The van der Waals surface area contributed by atoms with Crippen LogP contribution in [-0.2, 0) is 4.79 Å². The summed E-state index contributed by atoms with van der Waals surface area (Å²) in [4.78, 5) is 11.9. The Hall–Kier alpha value is -0.280. The molecule has 4 atom stereocenters. The van der Waals surface area contributed by atoms with Gasteiger partial charge in [0.05, 0.1) is 0 Å². The third kappa shape index (κ3) is 4.84. The molecular formula is C13H27ClN2O. The molecule has 0 aromatic carbocycles. The molecule has 0 spiro atoms. The van der Waals surface area contributed by atoms with Gasteiger partial charge in [-0.25, -0.2) is 0 Å². The largest absolute Gasteiger partial charge is 0.353 e. The molecule has 1 rings (SSSR count). The quantitative estimate of drug-likeness (QED) is 0.816. The third-order valence-corrected chi connectivity index (χ3v) is 3.99. The standard InChI is InChI=1S/C13H26N2O.ClH/c1-9-6-5-7-12(11(9)3)15-13(16)10(2)8-14-4;/h9-12,14H,5-8H2,1-4H3,(H,15,16);1H. The van der Waals surface area contributed by atoms with E-state index in [4.69, 9.17) is 0 Å². The van der Waals surface area contributed by atoms with Crippen molar-refractivity contribution >= 4 is 18.3 Å². The zero-order valence-electron chi connectivity index (χ0n) is 11.5. The van der Waals surface area contributed by atoms with E-state index in [2.05, 4.69) is 24.5 Å². The SMILES string of the molecule is CNCC(C)C(=O)NC1CCCC(C)C1C.Cl. The molecular weight excluding hydrogens is 236 g/mol. The Morgan fingerprint density at radius 3 is 2.59 bits per heavy atom. The summed E-state index contributed by atoms with van der Waals surface area (Å²) in [7, 11) is 1.88. The molecule has 17 heavy (non-hydrogen) atoms. The Kier molecular flexibility index (Phi) is 7.80. The fraction of sp³-hybridized carbons (Fsp3) is 0.923. The normalized spacial score (nSPS) is 30.2. The molecule has 0 radical (unpaired) electrons. The fourth-order valence-electron chi connectivity index (χ4n) is 2.51. The minimum absolute atomic E-state index is 0. The summed E-state index contributed by atoms with van der Waals surface area (Å²) in [5, 5.41) is 6.25. The van der Waals surface area contributed by atoms with Gasteiger partial charge in [0.2, 0.25) is 5.91 Å². The third-order valence-electron chi connectivity index (χ3n) is 3.99. The summed E-state index contributed by atoms with van der Waals surface area (Å²) in [6.45, 7) is 7.28. The number of rotatable bonds is 4. The van der Waals surface area contributed by atoms with Gasteiger partial charge in [-0.05, 0) is 25.3 Å². The predicted molar refractivity (Wildman–Crippen MR) is 74.4 cm³/mol. The van der Waals surface area contributed by atoms with Crippen molar-refractivity contribution < 1.29 is 4.79 Å². The topological polar surface area (TPSA) is 41.1 Å². The van der Waals surface area contributed by atoms with Crippen molar-refractivity contribution in [2.75, 3.05) is 13.6 Å². The van der Waals surface area contributed by atoms with Gasteiger partial charge >= 0.3 is 0 Å². The Morgan fingerprint density at radius 2 is 2.00 bits per heavy atom. The van der Waals surface area contributed by atoms with Crippen LogP contribution in [0.1, 0.15) is 40.0 Å². The molecule has 3 nitrogen and oxygen atoms in total. The predicted octanol–water partition coefficient (Wildman–Crippen LogP) is 2.20. The van der Waals surface area contributed by atoms with Crippen LogP contribution in [0.25, 0.3) is 0 Å². The van der Waals surface area contributed by atoms with E-state index in [-0.39, 0.29) is 24.2 Å². The lowest BCUT2D eigenvalue weighted by molar-refractivity contribution is -0.125. The second kappa shape index (κ2) is 7.93. The van der Waals surface area contributed by atoms with Crippen molar-refractivity contribution in [3.8, 4) is 0 Å². The molecule has 0 aliphatic heterocycles. The molecule has 1 fully saturated rings. The Bertz CT molecular complexity index is 235. The van der Waals surface area contributed by atoms with E-state index in [1.54, 1.807) is 0 Å². The minimum Gasteiger partial charge on any atom is -0.353 e. The van der Waals surface area contributed by atoms with E-state index in [1.807, 2.05) is 14.0 Å². The molecule has 0 aromatic rings. The molecule has 4 unspecified atom stereocenters. The molecule has 0 bridgehead atoms. The maximum absolute atomic E-state index is 11.9. The summed E-state index contributed by atoms with van der Waals surface area (Å²) in [5.41, 5.74) is 0. The molecule has 0 aromatic heterocycles. The highest BCUT2D eigenvalue weighted by Crippen LogP contribution is 2.29. The van der Waals surface area contributed by atoms with E-state index in [1.165, 1.54) is 12.8 Å². The summed E-state index contributed by atoms with van der Waals surface area (Å²) in [5.74, 6) is 1.60. The van der Waals surface area contributed by atoms with Crippen molar-refractivity contribution in [2.45, 2.75) is 46.1 Å². The highest BCUT2D eigenvalue weighted by molar-refractivity contribution is 5.85. The summed E-state index contributed by atoms with van der Waals surface area (Å²) in [6.07, 6.45) is 3.69. The molecule has 1 amide bonds. The van der Waals surface area contributed by atoms with E-state index in [9.17, 15) is 4.79 Å². The van der Waals surface area contributed by atoms with Gasteiger partial charge in [-0.15, -0.1) is 12.4 Å². The lowest BCUT2D eigenvalue weighted by atomic mass is 9.78. The number of halogens is 1. The maximum Gasteiger partial charge on any atom is 0.224 e. The first kappa shape index (κ1) is 16.7. The van der Waals surface area contributed by atoms with Crippen molar-refractivity contribution in [1.29, 1.82) is 0 Å². The van der Waals surface area contributed by atoms with Gasteiger partial charge in [0.15, 0.2) is 0 Å². The van der Waals surface area contributed by atoms with Crippen LogP contribution in [-0.4, -0.2) is 25.5 Å². The fourth-order valence-corrected chi connectivity index (χ4v) is 2.51. The average Bonchev–Trinajstić information content (AvgIpc) is 2.25. The van der Waals surface area contributed by atoms with Gasteiger partial charge in [0.1, 0.15) is 0 Å². The van der Waals surface area contributed by atoms with Crippen LogP contribution in [0.5, 0.6) is 0 Å². The van der Waals surface area contributed by atoms with Crippen molar-refractivity contribution in [2.24, 2.45) is 17.8 Å². The number of nitrogens with one attached hydrogen (secondary N) is 2. The molecule has 0 heterocycles. The van der Waals surface area contributed by atoms with Gasteiger partial charge < -0.3 is 10.6 Å². The summed E-state index contributed by atoms with van der Waals surface area (Å²) in [6, 6.07) is 0.385. The van der Waals surface area contributed by atoms with Crippen LogP contribution in [0.4, 0.5) is 0 Å². The highest BCUT2D eigenvalue weighted by atomic mass is 35.5. The molecule has 2 N–H and O–H groups in total. The highest BCUT2D eigenvalue weighted by Gasteiger charge is 2.28. The van der Waals surface area contributed by atoms with Crippen LogP contribution < -0.4 is 10.6 Å². The van der Waals surface area contributed by atoms with Crippen LogP contribution in [0, 0.1) is 17.8 Å². The minimum atomic E-state index is 0. The zero-order chi connectivity index (χ0) is 12.1. The molecule has 1 aliphatic carbocycles. The number of hydrogen-bond acceptors (Lipinski definition) is 2. The average molecular weight is 263 g/mol. The maximum atomic E-state index is 11.9. The van der Waals surface area contributed by atoms with E-state index < -0.39 is 0 Å². The number of amides is 1. The van der Waals surface area contributed by atoms with Crippen LogP contribution >= 0.6 is 12.4 Å². The van der Waals surface area contributed by atoms with Gasteiger partial charge in [-0.2, -0.15) is 0 Å². The van der Waals surface area contributed by atoms with E-state index >= 15 is 0 Å². The number of carbonyl (C=O) groups is 1. The second-order valence-corrected chi connectivity index (χ2v) is 5.34. The second-order valence-electron chi connectivity index (χ2n) is 5.34. The molecule has 1 saturated carbocycles. The first-order valence-electron chi connectivity index (χ1n) is 6.51. The molecule has 1 aliphatic rings. The van der Waals surface area contributed by atoms with Gasteiger partial charge in [0, 0.05) is 18.5 Å². The lowest BCUT2D eigenvalue weighted by Crippen LogP contribution is -2.46. The van der Waals surface area contributed by atoms with Gasteiger partial charge in [-0.3, -0.25) is 4.79 Å². The van der Waals surface area contributed by atoms with E-state index in [0.717, 1.165) is 18.9 Å². The summed E-state index contributed by atoms with van der Waals surface area (Å²) < 4.78 is 0. The zero-order valence-corrected chi connectivity index (χ0v) is 12.3. The van der Waals surface area contributed by atoms with Crippen molar-refractivity contribution in [3.05, 3.63) is 0 Å². The summed E-state index contributed by atoms with van der Waals surface area (Å²) >= 11 is 0. The van der Waals surface area contributed by atoms with E-state index in [0.29, 0.717) is 12.0 Å². The number of carbonyl (C=O) groups excluding carboxylic acids is 1. The van der Waals surface area contributed by atoms with Crippen molar-refractivity contribution in [1.82, 2.24) is 10.6 Å². The molecule has 4 heteroatoms. The van der Waals surface area contributed by atoms with Gasteiger partial charge in [-0.1, -0.05) is 33.6 Å². The van der Waals surface area contributed by atoms with Crippen LogP contribution in [0.3, 0.4) is 0 Å². The van der Waals surface area contributed by atoms with Gasteiger partial charge in [0.25, 0.3) is 0 Å². The molecule has 102 valence electrons. The Morgan fingerprint density at radius 1 is 1.35 bits per heavy atom. The van der Waals surface area contributed by atoms with Crippen molar-refractivity contribution in [3.63, 3.8) is 0 Å². The molecule has 0 saturated heterocycles. The monoisotopic (exact) mass is 262 g/mol. The van der Waals surface area contributed by atoms with Crippen LogP contribution in [0.15, 0.2) is 0 Å². The Balaban J connectivity index is 0.00000256. The first-order chi connectivity index (χ1) is 7.56. The lowest BCUT2D eigenvalue weighted by Gasteiger charge is -2.35. The smallest absolute Gasteiger partial charge is 0.224 e. The Labute approximate surface area is 112 Å². The first-order valence-corrected chi connectivity index (χ1v) is 6.51. The number of hydrogen-bond donors (Lipinski definition) is 2.